The molecule has 2 aromatic rings. The minimum atomic E-state index is -4.55. The van der Waals surface area contributed by atoms with E-state index in [0.29, 0.717) is 23.2 Å². The van der Waals surface area contributed by atoms with E-state index in [1.165, 1.54) is 6.20 Å². The summed E-state index contributed by atoms with van der Waals surface area (Å²) in [7, 11) is 2.16. The Morgan fingerprint density at radius 3 is 2.44 bits per heavy atom. The number of alkyl halides is 3. The largest absolute Gasteiger partial charge is 0.419 e. The molecular formula is C23H33F3N6. The second kappa shape index (κ2) is 8.67. The number of likely N-dealkylation sites (N-methyl/N-ethyl adjacent to an activating group) is 1. The lowest BCUT2D eigenvalue weighted by molar-refractivity contribution is -0.137. The Labute approximate surface area is 187 Å². The van der Waals surface area contributed by atoms with Crippen molar-refractivity contribution in [3.63, 3.8) is 0 Å². The van der Waals surface area contributed by atoms with Gasteiger partial charge in [0.15, 0.2) is 0 Å². The number of nitrogens with zero attached hydrogens (tertiary/aromatic N) is 5. The van der Waals surface area contributed by atoms with E-state index < -0.39 is 17.6 Å². The van der Waals surface area contributed by atoms with Gasteiger partial charge in [-0.3, -0.25) is 4.90 Å². The van der Waals surface area contributed by atoms with E-state index in [4.69, 9.17) is 10.7 Å². The van der Waals surface area contributed by atoms with E-state index in [-0.39, 0.29) is 12.0 Å². The van der Waals surface area contributed by atoms with Gasteiger partial charge in [0, 0.05) is 62.1 Å². The van der Waals surface area contributed by atoms with E-state index in [1.54, 1.807) is 0 Å². The number of anilines is 1. The van der Waals surface area contributed by atoms with Gasteiger partial charge >= 0.3 is 6.18 Å². The van der Waals surface area contributed by atoms with Crippen molar-refractivity contribution in [1.82, 2.24) is 24.3 Å². The molecule has 1 unspecified atom stereocenters. The monoisotopic (exact) mass is 450 g/mol. The molecule has 0 amide bonds. The fourth-order valence-corrected chi connectivity index (χ4v) is 5.15. The molecule has 0 radical (unpaired) electrons. The minimum Gasteiger partial charge on any atom is -0.383 e. The molecule has 2 aromatic heterocycles. The Kier molecular flexibility index (Phi) is 6.24. The molecule has 3 atom stereocenters. The number of rotatable bonds is 4. The van der Waals surface area contributed by atoms with E-state index >= 15 is 0 Å². The average Bonchev–Trinajstić information content (AvgIpc) is 3.32. The molecule has 1 saturated carbocycles. The smallest absolute Gasteiger partial charge is 0.383 e. The van der Waals surface area contributed by atoms with Gasteiger partial charge in [-0.15, -0.1) is 0 Å². The van der Waals surface area contributed by atoms with Crippen LogP contribution in [0.1, 0.15) is 57.0 Å². The predicted octanol–water partition coefficient (Wildman–Crippen LogP) is 4.26. The van der Waals surface area contributed by atoms with Crippen LogP contribution >= 0.6 is 0 Å². The van der Waals surface area contributed by atoms with Gasteiger partial charge in [-0.2, -0.15) is 13.2 Å². The fraction of sp³-hybridized carbons (Fsp3) is 0.652. The van der Waals surface area contributed by atoms with Crippen molar-refractivity contribution in [3.8, 4) is 11.3 Å². The highest BCUT2D eigenvalue weighted by Crippen LogP contribution is 2.41. The number of piperazine rings is 1. The number of nitrogens with two attached hydrogens (primary N) is 1. The molecule has 1 aliphatic carbocycles. The summed E-state index contributed by atoms with van der Waals surface area (Å²) in [5.74, 6) is 1.02. The third kappa shape index (κ3) is 4.50. The third-order valence-corrected chi connectivity index (χ3v) is 7.02. The molecular weight excluding hydrogens is 417 g/mol. The minimum absolute atomic E-state index is 0.155. The van der Waals surface area contributed by atoms with Crippen LogP contribution < -0.4 is 5.73 Å². The van der Waals surface area contributed by atoms with Gasteiger partial charge in [-0.05, 0) is 31.9 Å². The second-order valence-corrected chi connectivity index (χ2v) is 9.71. The zero-order valence-corrected chi connectivity index (χ0v) is 19.2. The van der Waals surface area contributed by atoms with Gasteiger partial charge in [0.05, 0.1) is 11.3 Å². The van der Waals surface area contributed by atoms with Crippen LogP contribution in [0.4, 0.5) is 19.0 Å². The van der Waals surface area contributed by atoms with Crippen LogP contribution in [0.3, 0.4) is 0 Å². The Bertz CT molecular complexity index is 946. The lowest BCUT2D eigenvalue weighted by atomic mass is 10.1. The molecule has 2 aliphatic rings. The first-order valence-corrected chi connectivity index (χ1v) is 11.4. The number of aromatic nitrogens is 3. The molecule has 6 nitrogen and oxygen atoms in total. The summed E-state index contributed by atoms with van der Waals surface area (Å²) in [5, 5.41) is 0. The van der Waals surface area contributed by atoms with Crippen LogP contribution in [-0.4, -0.2) is 63.6 Å². The van der Waals surface area contributed by atoms with Gasteiger partial charge in [-0.1, -0.05) is 20.8 Å². The maximum absolute atomic E-state index is 13.3. The maximum Gasteiger partial charge on any atom is 0.419 e. The molecule has 2 fully saturated rings. The number of halogens is 3. The Balaban J connectivity index is 1.63. The summed E-state index contributed by atoms with van der Waals surface area (Å²) in [5.41, 5.74) is 5.43. The summed E-state index contributed by atoms with van der Waals surface area (Å²) in [6.07, 6.45) is 0.907. The van der Waals surface area contributed by atoms with Crippen molar-refractivity contribution >= 4 is 5.82 Å². The maximum atomic E-state index is 13.3. The highest BCUT2D eigenvalue weighted by Gasteiger charge is 2.38. The van der Waals surface area contributed by atoms with Gasteiger partial charge in [0.2, 0.25) is 0 Å². The average molecular weight is 451 g/mol. The number of hydrogen-bond acceptors (Lipinski definition) is 5. The molecule has 1 saturated heterocycles. The summed E-state index contributed by atoms with van der Waals surface area (Å²) in [4.78, 5) is 13.5. The summed E-state index contributed by atoms with van der Waals surface area (Å²) in [6, 6.07) is 1.87. The highest BCUT2D eigenvalue weighted by atomic mass is 19.4. The van der Waals surface area contributed by atoms with Crippen LogP contribution in [0, 0.1) is 5.92 Å². The molecule has 1 aliphatic heterocycles. The molecule has 32 heavy (non-hydrogen) atoms. The van der Waals surface area contributed by atoms with Gasteiger partial charge in [-0.25, -0.2) is 9.97 Å². The quantitative estimate of drug-likeness (QED) is 0.754. The van der Waals surface area contributed by atoms with Crippen molar-refractivity contribution in [2.45, 2.75) is 57.8 Å². The van der Waals surface area contributed by atoms with Gasteiger partial charge < -0.3 is 15.2 Å². The Hall–Kier alpha value is -2.13. The fourth-order valence-electron chi connectivity index (χ4n) is 5.15. The molecule has 3 heterocycles. The number of nitrogen functional groups attached to an aromatic ring is 1. The number of imidazole rings is 1. The van der Waals surface area contributed by atoms with Crippen molar-refractivity contribution < 1.29 is 13.2 Å². The first-order valence-electron chi connectivity index (χ1n) is 11.4. The van der Waals surface area contributed by atoms with E-state index in [0.717, 1.165) is 50.9 Å². The molecule has 0 bridgehead atoms. The SMILES string of the molecule is CC(C)c1nc(-c2cnc(N)c(C(F)(F)F)c2)cn1[C@@H]1CC(N2CCN(C)CC2)C[C@@H]1C. The van der Waals surface area contributed by atoms with Crippen LogP contribution in [-0.2, 0) is 6.18 Å². The molecule has 0 aromatic carbocycles. The zero-order valence-electron chi connectivity index (χ0n) is 19.2. The summed E-state index contributed by atoms with van der Waals surface area (Å²) < 4.78 is 42.2. The van der Waals surface area contributed by atoms with Crippen LogP contribution in [0.15, 0.2) is 18.5 Å². The first kappa shape index (κ1) is 23.0. The summed E-state index contributed by atoms with van der Waals surface area (Å²) in [6.45, 7) is 10.8. The number of pyridine rings is 1. The van der Waals surface area contributed by atoms with Crippen molar-refractivity contribution in [2.75, 3.05) is 39.0 Å². The molecule has 0 spiro atoms. The van der Waals surface area contributed by atoms with Crippen molar-refractivity contribution in [1.29, 1.82) is 0 Å². The lowest BCUT2D eigenvalue weighted by Crippen LogP contribution is -2.48. The molecule has 9 heteroatoms. The van der Waals surface area contributed by atoms with Crippen LogP contribution in [0.25, 0.3) is 11.3 Å². The van der Waals surface area contributed by atoms with Crippen LogP contribution in [0.2, 0.25) is 0 Å². The molecule has 176 valence electrons. The second-order valence-electron chi connectivity index (χ2n) is 9.71. The third-order valence-electron chi connectivity index (χ3n) is 7.02. The zero-order chi connectivity index (χ0) is 23.2. The Morgan fingerprint density at radius 2 is 1.81 bits per heavy atom. The Morgan fingerprint density at radius 1 is 1.12 bits per heavy atom. The van der Waals surface area contributed by atoms with E-state index in [1.807, 2.05) is 6.20 Å². The highest BCUT2D eigenvalue weighted by molar-refractivity contribution is 5.62. The predicted molar refractivity (Wildman–Crippen MR) is 119 cm³/mol. The normalized spacial score (nSPS) is 25.7. The van der Waals surface area contributed by atoms with Gasteiger partial charge in [0.1, 0.15) is 11.6 Å². The van der Waals surface area contributed by atoms with E-state index in [2.05, 4.69) is 47.2 Å². The molecule has 4 rings (SSSR count). The lowest BCUT2D eigenvalue weighted by Gasteiger charge is -2.36. The van der Waals surface area contributed by atoms with Crippen molar-refractivity contribution in [2.24, 2.45) is 5.92 Å². The standard InChI is InChI=1S/C23H33F3N6/c1-14(2)22-29-19(16-10-18(23(24,25)26)21(27)28-12-16)13-32(22)20-11-17(9-15(20)3)31-7-5-30(4)6-8-31/h10,12-15,17,20H,5-9,11H2,1-4H3,(H2,27,28)/t15-,17?,20+/m0/s1. The summed E-state index contributed by atoms with van der Waals surface area (Å²) >= 11 is 0. The van der Waals surface area contributed by atoms with E-state index in [9.17, 15) is 13.2 Å². The van der Waals surface area contributed by atoms with Crippen molar-refractivity contribution in [3.05, 3.63) is 29.8 Å². The topological polar surface area (TPSA) is 63.2 Å². The van der Waals surface area contributed by atoms with Crippen LogP contribution in [0.5, 0.6) is 0 Å². The first-order chi connectivity index (χ1) is 15.0. The number of hydrogen-bond donors (Lipinski definition) is 1. The molecule has 2 N–H and O–H groups in total. The van der Waals surface area contributed by atoms with Gasteiger partial charge in [0.25, 0.3) is 0 Å².